The highest BCUT2D eigenvalue weighted by Gasteiger charge is 1.86. The maximum Gasteiger partial charge on any atom is 0.330 e. The average Bonchev–Trinajstić information content (AvgIpc) is 2.05. The van der Waals surface area contributed by atoms with Crippen LogP contribution in [0.15, 0.2) is 24.8 Å². The molecule has 0 fully saturated rings. The third-order valence-electron chi connectivity index (χ3n) is 0.763. The van der Waals surface area contributed by atoms with Crippen molar-refractivity contribution in [1.82, 2.24) is 0 Å². The number of carboxylic acids is 1. The molecule has 74 valence electrons. The van der Waals surface area contributed by atoms with E-state index in [9.17, 15) is 9.59 Å². The van der Waals surface area contributed by atoms with Gasteiger partial charge in [-0.2, -0.15) is 0 Å². The lowest BCUT2D eigenvalue weighted by atomic mass is 10.5. The van der Waals surface area contributed by atoms with E-state index >= 15 is 0 Å². The van der Waals surface area contributed by atoms with Gasteiger partial charge in [0.1, 0.15) is 0 Å². The number of hydrogen-bond donors (Lipinski definition) is 1. The summed E-state index contributed by atoms with van der Waals surface area (Å²) in [5, 5.41) is 7.83. The maximum absolute atomic E-state index is 10.1. The second-order valence-electron chi connectivity index (χ2n) is 1.79. The van der Waals surface area contributed by atoms with Crippen molar-refractivity contribution in [1.29, 1.82) is 0 Å². The standard InChI is InChI=1S/C5H8O2.C4H6O2/c1-3-5(6)7-4-2;1-2-3-4(5)6/h3H,1,4H2,2H3;2-3H,1H3,(H,5,6). The van der Waals surface area contributed by atoms with Crippen molar-refractivity contribution in [2.24, 2.45) is 0 Å². The summed E-state index contributed by atoms with van der Waals surface area (Å²) >= 11 is 0. The van der Waals surface area contributed by atoms with Crippen LogP contribution >= 0.6 is 0 Å². The van der Waals surface area contributed by atoms with Crippen LogP contribution in [0.3, 0.4) is 0 Å². The van der Waals surface area contributed by atoms with Crippen LogP contribution in [0.1, 0.15) is 13.8 Å². The average molecular weight is 186 g/mol. The molecule has 0 aliphatic heterocycles. The molecule has 0 rings (SSSR count). The third kappa shape index (κ3) is 17.9. The zero-order valence-electron chi connectivity index (χ0n) is 7.82. The van der Waals surface area contributed by atoms with Gasteiger partial charge in [-0.3, -0.25) is 0 Å². The van der Waals surface area contributed by atoms with E-state index in [0.717, 1.165) is 12.2 Å². The highest BCUT2D eigenvalue weighted by atomic mass is 16.5. The molecule has 0 aromatic heterocycles. The van der Waals surface area contributed by atoms with E-state index in [1.54, 1.807) is 13.8 Å². The van der Waals surface area contributed by atoms with Crippen molar-refractivity contribution >= 4 is 11.9 Å². The van der Waals surface area contributed by atoms with Crippen molar-refractivity contribution in [3.63, 3.8) is 0 Å². The van der Waals surface area contributed by atoms with Gasteiger partial charge in [-0.1, -0.05) is 12.7 Å². The predicted molar refractivity (Wildman–Crippen MR) is 49.3 cm³/mol. The van der Waals surface area contributed by atoms with Crippen LogP contribution in [0.25, 0.3) is 0 Å². The Kier molecular flexibility index (Phi) is 11.2. The van der Waals surface area contributed by atoms with E-state index in [4.69, 9.17) is 5.11 Å². The Labute approximate surface area is 77.5 Å². The number of carboxylic acid groups (broad SMARTS) is 1. The Balaban J connectivity index is 0. The summed E-state index contributed by atoms with van der Waals surface area (Å²) < 4.78 is 4.43. The number of carbonyl (C=O) groups excluding carboxylic acids is 1. The molecule has 0 aromatic carbocycles. The molecule has 0 aliphatic rings. The lowest BCUT2D eigenvalue weighted by molar-refractivity contribution is -0.137. The summed E-state index contributed by atoms with van der Waals surface area (Å²) in [7, 11) is 0. The van der Waals surface area contributed by atoms with E-state index < -0.39 is 5.97 Å². The Morgan fingerprint density at radius 2 is 2.08 bits per heavy atom. The molecule has 4 nitrogen and oxygen atoms in total. The summed E-state index contributed by atoms with van der Waals surface area (Å²) in [4.78, 5) is 19.6. The molecule has 0 amide bonds. The van der Waals surface area contributed by atoms with Crippen LogP contribution in [0, 0.1) is 0 Å². The van der Waals surface area contributed by atoms with Crippen molar-refractivity contribution in [3.8, 4) is 0 Å². The molecule has 4 heteroatoms. The van der Waals surface area contributed by atoms with Crippen molar-refractivity contribution in [2.75, 3.05) is 6.61 Å². The predicted octanol–water partition coefficient (Wildman–Crippen LogP) is 1.38. The van der Waals surface area contributed by atoms with Crippen LogP contribution in [0.4, 0.5) is 0 Å². The number of rotatable bonds is 3. The Morgan fingerprint density at radius 3 is 2.15 bits per heavy atom. The lowest BCUT2D eigenvalue weighted by Crippen LogP contribution is -1.97. The van der Waals surface area contributed by atoms with E-state index in [-0.39, 0.29) is 5.97 Å². The van der Waals surface area contributed by atoms with E-state index in [1.165, 1.54) is 6.08 Å². The minimum absolute atomic E-state index is 0.359. The molecular formula is C9H14O4. The van der Waals surface area contributed by atoms with Gasteiger partial charge in [0, 0.05) is 12.2 Å². The molecule has 0 spiro atoms. The second kappa shape index (κ2) is 10.4. The molecule has 0 aromatic rings. The summed E-state index contributed by atoms with van der Waals surface area (Å²) in [6.07, 6.45) is 3.70. The van der Waals surface area contributed by atoms with Gasteiger partial charge in [-0.25, -0.2) is 9.59 Å². The highest BCUT2D eigenvalue weighted by Crippen LogP contribution is 1.74. The van der Waals surface area contributed by atoms with E-state index in [2.05, 4.69) is 11.3 Å². The van der Waals surface area contributed by atoms with Gasteiger partial charge in [0.15, 0.2) is 0 Å². The van der Waals surface area contributed by atoms with Crippen LogP contribution in [-0.4, -0.2) is 23.7 Å². The van der Waals surface area contributed by atoms with E-state index in [1.807, 2.05) is 0 Å². The van der Waals surface area contributed by atoms with Gasteiger partial charge in [0.2, 0.25) is 0 Å². The highest BCUT2D eigenvalue weighted by molar-refractivity contribution is 5.81. The number of ether oxygens (including phenoxy) is 1. The monoisotopic (exact) mass is 186 g/mol. The quantitative estimate of drug-likeness (QED) is 0.534. The minimum Gasteiger partial charge on any atom is -0.478 e. The fourth-order valence-electron chi connectivity index (χ4n) is 0.344. The summed E-state index contributed by atoms with van der Waals surface area (Å²) in [5.74, 6) is -1.25. The van der Waals surface area contributed by atoms with Crippen molar-refractivity contribution in [3.05, 3.63) is 24.8 Å². The van der Waals surface area contributed by atoms with Crippen molar-refractivity contribution in [2.45, 2.75) is 13.8 Å². The van der Waals surface area contributed by atoms with Crippen LogP contribution in [0.2, 0.25) is 0 Å². The lowest BCUT2D eigenvalue weighted by Gasteiger charge is -1.90. The van der Waals surface area contributed by atoms with Crippen LogP contribution in [-0.2, 0) is 14.3 Å². The SMILES string of the molecule is C=CC(=O)OCC.CC=CC(=O)O. The fourth-order valence-corrected chi connectivity index (χ4v) is 0.344. The Morgan fingerprint density at radius 1 is 1.54 bits per heavy atom. The number of aliphatic carboxylic acids is 1. The minimum atomic E-state index is -0.891. The first-order valence-corrected chi connectivity index (χ1v) is 3.73. The van der Waals surface area contributed by atoms with Gasteiger partial charge in [0.05, 0.1) is 6.61 Å². The normalized spacial score (nSPS) is 8.46. The summed E-state index contributed by atoms with van der Waals surface area (Å²) in [6.45, 7) is 7.04. The molecule has 0 unspecified atom stereocenters. The Hall–Kier alpha value is -1.58. The summed E-state index contributed by atoms with van der Waals surface area (Å²) in [5.41, 5.74) is 0. The van der Waals surface area contributed by atoms with Gasteiger partial charge < -0.3 is 9.84 Å². The molecule has 0 heterocycles. The number of carbonyl (C=O) groups is 2. The number of allylic oxidation sites excluding steroid dienone is 1. The van der Waals surface area contributed by atoms with Gasteiger partial charge in [0.25, 0.3) is 0 Å². The first-order valence-electron chi connectivity index (χ1n) is 3.73. The number of esters is 1. The number of hydrogen-bond acceptors (Lipinski definition) is 3. The zero-order valence-corrected chi connectivity index (χ0v) is 7.82. The van der Waals surface area contributed by atoms with Crippen LogP contribution in [0.5, 0.6) is 0 Å². The molecule has 0 radical (unpaired) electrons. The smallest absolute Gasteiger partial charge is 0.330 e. The Bertz CT molecular complexity index is 194. The topological polar surface area (TPSA) is 63.6 Å². The van der Waals surface area contributed by atoms with Crippen LogP contribution < -0.4 is 0 Å². The molecule has 0 aliphatic carbocycles. The molecule has 13 heavy (non-hydrogen) atoms. The van der Waals surface area contributed by atoms with Gasteiger partial charge >= 0.3 is 11.9 Å². The largest absolute Gasteiger partial charge is 0.478 e. The summed E-state index contributed by atoms with van der Waals surface area (Å²) in [6, 6.07) is 0. The first kappa shape index (κ1) is 14.0. The molecule has 0 saturated heterocycles. The van der Waals surface area contributed by atoms with Gasteiger partial charge in [-0.15, -0.1) is 0 Å². The molecule has 0 saturated carbocycles. The molecule has 1 N–H and O–H groups in total. The third-order valence-corrected chi connectivity index (χ3v) is 0.763. The maximum atomic E-state index is 10.1. The fraction of sp³-hybridized carbons (Fsp3) is 0.333. The van der Waals surface area contributed by atoms with Crippen molar-refractivity contribution < 1.29 is 19.4 Å². The molecule has 0 bridgehead atoms. The zero-order chi connectivity index (χ0) is 10.7. The van der Waals surface area contributed by atoms with Gasteiger partial charge in [-0.05, 0) is 13.8 Å². The molecule has 0 atom stereocenters. The molecular weight excluding hydrogens is 172 g/mol. The van der Waals surface area contributed by atoms with E-state index in [0.29, 0.717) is 6.61 Å². The second-order valence-corrected chi connectivity index (χ2v) is 1.79. The first-order chi connectivity index (χ1) is 6.08.